The van der Waals surface area contributed by atoms with Gasteiger partial charge in [-0.1, -0.05) is 6.92 Å². The monoisotopic (exact) mass is 251 g/mol. The van der Waals surface area contributed by atoms with Crippen molar-refractivity contribution in [2.75, 3.05) is 0 Å². The zero-order valence-electron chi connectivity index (χ0n) is 10.1. The van der Waals surface area contributed by atoms with E-state index in [2.05, 4.69) is 0 Å². The molecule has 0 saturated carbocycles. The molecule has 6 heteroatoms. The number of aromatic carboxylic acids is 1. The molecular weight excluding hydrogens is 238 g/mol. The Kier molecular flexibility index (Phi) is 2.94. The number of carbonyl (C=O) groups excluding carboxylic acids is 2. The van der Waals surface area contributed by atoms with Crippen LogP contribution < -0.4 is 0 Å². The van der Waals surface area contributed by atoms with Crippen LogP contribution in [0.5, 0.6) is 0 Å². The summed E-state index contributed by atoms with van der Waals surface area (Å²) in [6.07, 6.45) is 0.199. The van der Waals surface area contributed by atoms with Crippen molar-refractivity contribution in [3.8, 4) is 0 Å². The number of nitrogens with zero attached hydrogens (tertiary/aromatic N) is 1. The molecule has 1 saturated heterocycles. The maximum Gasteiger partial charge on any atom is 0.372 e. The summed E-state index contributed by atoms with van der Waals surface area (Å²) < 4.78 is 5.12. The van der Waals surface area contributed by atoms with Crippen molar-refractivity contribution in [1.29, 1.82) is 0 Å². The molecule has 1 unspecified atom stereocenters. The molecule has 1 aromatic heterocycles. The predicted octanol–water partition coefficient (Wildman–Crippen LogP) is 1.18. The third-order valence-corrected chi connectivity index (χ3v) is 2.95. The van der Waals surface area contributed by atoms with Crippen molar-refractivity contribution >= 4 is 17.8 Å². The van der Waals surface area contributed by atoms with Gasteiger partial charge in [-0.15, -0.1) is 0 Å². The summed E-state index contributed by atoms with van der Waals surface area (Å²) in [4.78, 5) is 35.2. The lowest BCUT2D eigenvalue weighted by atomic mass is 10.1. The second-order valence-electron chi connectivity index (χ2n) is 4.45. The Morgan fingerprint density at radius 1 is 1.56 bits per heavy atom. The predicted molar refractivity (Wildman–Crippen MR) is 59.7 cm³/mol. The molecule has 1 aliphatic rings. The summed E-state index contributed by atoms with van der Waals surface area (Å²) in [5, 5.41) is 8.84. The van der Waals surface area contributed by atoms with Gasteiger partial charge in [0.2, 0.25) is 17.6 Å². The largest absolute Gasteiger partial charge is 0.475 e. The van der Waals surface area contributed by atoms with Crippen molar-refractivity contribution in [3.05, 3.63) is 23.2 Å². The van der Waals surface area contributed by atoms with E-state index < -0.39 is 5.97 Å². The topological polar surface area (TPSA) is 87.8 Å². The van der Waals surface area contributed by atoms with Crippen molar-refractivity contribution in [2.24, 2.45) is 5.92 Å². The number of imide groups is 1. The van der Waals surface area contributed by atoms with E-state index in [1.54, 1.807) is 13.8 Å². The first kappa shape index (κ1) is 12.3. The van der Waals surface area contributed by atoms with Gasteiger partial charge >= 0.3 is 5.97 Å². The van der Waals surface area contributed by atoms with E-state index in [9.17, 15) is 14.4 Å². The number of amides is 2. The van der Waals surface area contributed by atoms with E-state index in [1.807, 2.05) is 0 Å². The lowest BCUT2D eigenvalue weighted by molar-refractivity contribution is -0.140. The number of carboxylic acid groups (broad SMARTS) is 1. The van der Waals surface area contributed by atoms with Crippen LogP contribution in [0.2, 0.25) is 0 Å². The molecule has 0 bridgehead atoms. The SMILES string of the molecule is Cc1cc(CN2C(=O)CC(C)C2=O)oc1C(=O)O. The van der Waals surface area contributed by atoms with Crippen LogP contribution in [0.25, 0.3) is 0 Å². The number of rotatable bonds is 3. The molecule has 0 aromatic carbocycles. The van der Waals surface area contributed by atoms with E-state index in [0.29, 0.717) is 11.3 Å². The van der Waals surface area contributed by atoms with Crippen molar-refractivity contribution in [3.63, 3.8) is 0 Å². The Balaban J connectivity index is 2.20. The van der Waals surface area contributed by atoms with Gasteiger partial charge in [0.15, 0.2) is 0 Å². The second-order valence-corrected chi connectivity index (χ2v) is 4.45. The first-order chi connectivity index (χ1) is 8.40. The molecule has 2 heterocycles. The van der Waals surface area contributed by atoms with Crippen LogP contribution in [-0.4, -0.2) is 27.8 Å². The number of likely N-dealkylation sites (tertiary alicyclic amines) is 1. The molecule has 1 aliphatic heterocycles. The third kappa shape index (κ3) is 2.01. The molecule has 1 N–H and O–H groups in total. The van der Waals surface area contributed by atoms with Gasteiger partial charge in [0.1, 0.15) is 5.76 Å². The van der Waals surface area contributed by atoms with Crippen LogP contribution in [0.1, 0.15) is 35.2 Å². The number of carbonyl (C=O) groups is 3. The molecule has 0 aliphatic carbocycles. The standard InChI is InChI=1S/C12H13NO5/c1-6-3-8(18-10(6)12(16)17)5-13-9(14)4-7(2)11(13)15/h3,7H,4-5H2,1-2H3,(H,16,17). The lowest BCUT2D eigenvalue weighted by Gasteiger charge is -2.11. The average Bonchev–Trinajstić information content (AvgIpc) is 2.75. The normalized spacial score (nSPS) is 19.7. The molecular formula is C12H13NO5. The fourth-order valence-electron chi connectivity index (χ4n) is 2.01. The van der Waals surface area contributed by atoms with Crippen molar-refractivity contribution in [1.82, 2.24) is 4.90 Å². The Morgan fingerprint density at radius 3 is 2.67 bits per heavy atom. The van der Waals surface area contributed by atoms with Gasteiger partial charge in [-0.05, 0) is 13.0 Å². The number of hydrogen-bond acceptors (Lipinski definition) is 4. The highest BCUT2D eigenvalue weighted by molar-refractivity contribution is 6.03. The first-order valence-electron chi connectivity index (χ1n) is 5.57. The highest BCUT2D eigenvalue weighted by atomic mass is 16.4. The van der Waals surface area contributed by atoms with E-state index in [-0.39, 0.29) is 36.5 Å². The fraction of sp³-hybridized carbons (Fsp3) is 0.417. The minimum atomic E-state index is -1.16. The number of aryl methyl sites for hydroxylation is 1. The average molecular weight is 251 g/mol. The van der Waals surface area contributed by atoms with Crippen molar-refractivity contribution in [2.45, 2.75) is 26.8 Å². The fourth-order valence-corrected chi connectivity index (χ4v) is 2.01. The Morgan fingerprint density at radius 2 is 2.22 bits per heavy atom. The summed E-state index contributed by atoms with van der Waals surface area (Å²) in [7, 11) is 0. The molecule has 2 amide bonds. The van der Waals surface area contributed by atoms with E-state index in [4.69, 9.17) is 9.52 Å². The van der Waals surface area contributed by atoms with Gasteiger partial charge in [-0.25, -0.2) is 4.79 Å². The van der Waals surface area contributed by atoms with Crippen LogP contribution >= 0.6 is 0 Å². The Labute approximate surface area is 103 Å². The van der Waals surface area contributed by atoms with Gasteiger partial charge in [-0.2, -0.15) is 0 Å². The van der Waals surface area contributed by atoms with Gasteiger partial charge in [-0.3, -0.25) is 14.5 Å². The minimum Gasteiger partial charge on any atom is -0.475 e. The molecule has 1 atom stereocenters. The van der Waals surface area contributed by atoms with Gasteiger partial charge in [0.05, 0.1) is 6.54 Å². The zero-order valence-corrected chi connectivity index (χ0v) is 10.1. The maximum atomic E-state index is 11.7. The van der Waals surface area contributed by atoms with Crippen molar-refractivity contribution < 1.29 is 23.9 Å². The quantitative estimate of drug-likeness (QED) is 0.815. The van der Waals surface area contributed by atoms with Gasteiger partial charge < -0.3 is 9.52 Å². The zero-order chi connectivity index (χ0) is 13.4. The summed E-state index contributed by atoms with van der Waals surface area (Å²) in [5.74, 6) is -1.82. The Hall–Kier alpha value is -2.11. The highest BCUT2D eigenvalue weighted by Crippen LogP contribution is 2.23. The maximum absolute atomic E-state index is 11.7. The van der Waals surface area contributed by atoms with E-state index in [1.165, 1.54) is 6.07 Å². The molecule has 2 rings (SSSR count). The van der Waals surface area contributed by atoms with Crippen LogP contribution in [0.15, 0.2) is 10.5 Å². The van der Waals surface area contributed by atoms with Crippen LogP contribution in [0, 0.1) is 12.8 Å². The number of furan rings is 1. The molecule has 18 heavy (non-hydrogen) atoms. The van der Waals surface area contributed by atoms with E-state index >= 15 is 0 Å². The smallest absolute Gasteiger partial charge is 0.372 e. The van der Waals surface area contributed by atoms with Crippen LogP contribution in [0.4, 0.5) is 0 Å². The molecule has 0 spiro atoms. The highest BCUT2D eigenvalue weighted by Gasteiger charge is 2.36. The van der Waals surface area contributed by atoms with Crippen LogP contribution in [0.3, 0.4) is 0 Å². The molecule has 6 nitrogen and oxygen atoms in total. The lowest BCUT2D eigenvalue weighted by Crippen LogP contribution is -2.29. The molecule has 96 valence electrons. The molecule has 1 fully saturated rings. The second kappa shape index (κ2) is 4.29. The van der Waals surface area contributed by atoms with Gasteiger partial charge in [0.25, 0.3) is 0 Å². The van der Waals surface area contributed by atoms with Gasteiger partial charge in [0, 0.05) is 17.9 Å². The summed E-state index contributed by atoms with van der Waals surface area (Å²) in [6.45, 7) is 3.29. The summed E-state index contributed by atoms with van der Waals surface area (Å²) in [5.41, 5.74) is 0.477. The first-order valence-corrected chi connectivity index (χ1v) is 5.57. The number of carboxylic acids is 1. The minimum absolute atomic E-state index is 0.00384. The third-order valence-electron chi connectivity index (χ3n) is 2.95. The Bertz CT molecular complexity index is 531. The number of hydrogen-bond donors (Lipinski definition) is 1. The summed E-state index contributed by atoms with van der Waals surface area (Å²) in [6, 6.07) is 1.53. The molecule has 1 aromatic rings. The van der Waals surface area contributed by atoms with Crippen LogP contribution in [-0.2, 0) is 16.1 Å². The molecule has 0 radical (unpaired) electrons. The van der Waals surface area contributed by atoms with E-state index in [0.717, 1.165) is 4.90 Å². The summed E-state index contributed by atoms with van der Waals surface area (Å²) >= 11 is 0.